The van der Waals surface area contributed by atoms with Crippen LogP contribution in [0, 0.1) is 5.41 Å². The zero-order valence-corrected chi connectivity index (χ0v) is 26.5. The topological polar surface area (TPSA) is 65.4 Å². The SMILES string of the molecule is C/C=C(/C)CC=C/C=C/Cl.C=S(=O)(C(=N)c1cc(OCCN(CC)CC)ccc1NC)c1cccc2ccccc12. The van der Waals surface area contributed by atoms with Gasteiger partial charge < -0.3 is 15.0 Å². The number of allylic oxidation sites excluding steroid dienone is 5. The van der Waals surface area contributed by atoms with Crippen molar-refractivity contribution < 1.29 is 8.95 Å². The van der Waals surface area contributed by atoms with E-state index >= 15 is 0 Å². The summed E-state index contributed by atoms with van der Waals surface area (Å²) in [5, 5.41) is 13.8. The molecule has 0 aromatic heterocycles. The largest absolute Gasteiger partial charge is 0.492 e. The molecule has 0 aliphatic rings. The molecule has 0 heterocycles. The van der Waals surface area contributed by atoms with Gasteiger partial charge in [-0.3, -0.25) is 9.62 Å². The molecule has 0 radical (unpaired) electrons. The van der Waals surface area contributed by atoms with Crippen molar-refractivity contribution in [2.75, 3.05) is 38.6 Å². The number of anilines is 1. The molecule has 3 aromatic carbocycles. The van der Waals surface area contributed by atoms with E-state index in [1.54, 1.807) is 19.2 Å². The first-order valence-electron chi connectivity index (χ1n) is 13.9. The second-order valence-corrected chi connectivity index (χ2v) is 11.9. The smallest absolute Gasteiger partial charge is 0.124 e. The maximum atomic E-state index is 13.9. The molecule has 0 aliphatic carbocycles. The number of rotatable bonds is 12. The van der Waals surface area contributed by atoms with Gasteiger partial charge in [-0.2, -0.15) is 0 Å². The molecule has 7 heteroatoms. The fourth-order valence-electron chi connectivity index (χ4n) is 4.11. The van der Waals surface area contributed by atoms with Crippen LogP contribution in [0.1, 0.15) is 39.7 Å². The summed E-state index contributed by atoms with van der Waals surface area (Å²) in [6.07, 6.45) is 8.95. The number of fused-ring (bicyclic) bond motifs is 1. The molecule has 41 heavy (non-hydrogen) atoms. The standard InChI is InChI=1S/C25H31N3O2S.C9H13Cl/c1-5-28(6-2)16-17-30-20-14-15-23(27-3)22(18-20)25(26)31(4,29)24-13-9-11-19-10-7-8-12-21(19)24;1-3-9(2)7-5-4-6-8-10/h7-15,18,26-27H,4-6,16-17H2,1-3H3;3-6,8H,7H2,1-2H3/b;5-4?,8-6+,9-3-. The van der Waals surface area contributed by atoms with Gasteiger partial charge in [0.05, 0.1) is 0 Å². The van der Waals surface area contributed by atoms with Gasteiger partial charge in [-0.05, 0) is 74.3 Å². The van der Waals surface area contributed by atoms with Crippen LogP contribution in [-0.2, 0) is 9.52 Å². The maximum Gasteiger partial charge on any atom is 0.124 e. The Labute approximate surface area is 252 Å². The minimum absolute atomic E-state index is 0.0117. The Balaban J connectivity index is 0.000000503. The number of nitrogens with one attached hydrogen (secondary N) is 2. The van der Waals surface area contributed by atoms with Crippen molar-refractivity contribution in [1.29, 1.82) is 5.41 Å². The molecule has 2 N–H and O–H groups in total. The second kappa shape index (κ2) is 17.5. The third kappa shape index (κ3) is 9.92. The monoisotopic (exact) mass is 593 g/mol. The van der Waals surface area contributed by atoms with Gasteiger partial charge in [-0.25, -0.2) is 0 Å². The lowest BCUT2D eigenvalue weighted by Gasteiger charge is -2.19. The van der Waals surface area contributed by atoms with E-state index < -0.39 is 9.52 Å². The van der Waals surface area contributed by atoms with Crippen LogP contribution in [0.4, 0.5) is 5.69 Å². The highest BCUT2D eigenvalue weighted by Gasteiger charge is 2.21. The molecule has 1 atom stereocenters. The molecule has 3 aromatic rings. The maximum absolute atomic E-state index is 13.9. The normalized spacial score (nSPS) is 13.3. The van der Waals surface area contributed by atoms with Crippen LogP contribution in [0.2, 0.25) is 0 Å². The van der Waals surface area contributed by atoms with Crippen LogP contribution in [0.25, 0.3) is 10.8 Å². The number of likely N-dealkylation sites (N-methyl/N-ethyl adjacent to an activating group) is 1. The zero-order chi connectivity index (χ0) is 30.3. The molecular formula is C34H44ClN3O2S. The summed E-state index contributed by atoms with van der Waals surface area (Å²) in [6, 6.07) is 18.9. The molecule has 0 aliphatic heterocycles. The van der Waals surface area contributed by atoms with Crippen LogP contribution in [-0.4, -0.2) is 53.3 Å². The van der Waals surface area contributed by atoms with Crippen LogP contribution in [0.3, 0.4) is 0 Å². The first-order valence-corrected chi connectivity index (χ1v) is 16.0. The molecule has 0 saturated heterocycles. The summed E-state index contributed by atoms with van der Waals surface area (Å²) in [5.41, 5.74) is 4.13. The zero-order valence-electron chi connectivity index (χ0n) is 25.0. The highest BCUT2D eigenvalue weighted by Crippen LogP contribution is 2.30. The van der Waals surface area contributed by atoms with Gasteiger partial charge in [0, 0.05) is 44.8 Å². The van der Waals surface area contributed by atoms with Crippen LogP contribution < -0.4 is 10.1 Å². The van der Waals surface area contributed by atoms with Crippen molar-refractivity contribution in [3.63, 3.8) is 0 Å². The van der Waals surface area contributed by atoms with E-state index in [4.69, 9.17) is 21.7 Å². The van der Waals surface area contributed by atoms with E-state index in [-0.39, 0.29) is 5.04 Å². The molecule has 0 amide bonds. The number of hydrogen-bond acceptors (Lipinski definition) is 5. The van der Waals surface area contributed by atoms with Crippen molar-refractivity contribution in [3.05, 3.63) is 102 Å². The van der Waals surface area contributed by atoms with Crippen molar-refractivity contribution in [1.82, 2.24) is 4.90 Å². The van der Waals surface area contributed by atoms with Crippen molar-refractivity contribution >= 4 is 48.5 Å². The highest BCUT2D eigenvalue weighted by molar-refractivity contribution is 8.14. The molecule has 3 rings (SSSR count). The number of hydrogen-bond donors (Lipinski definition) is 2. The van der Waals surface area contributed by atoms with E-state index in [0.29, 0.717) is 22.8 Å². The van der Waals surface area contributed by atoms with Gasteiger partial charge in [0.15, 0.2) is 0 Å². The Kier molecular flexibility index (Phi) is 14.4. The van der Waals surface area contributed by atoms with E-state index in [1.165, 1.54) is 11.1 Å². The van der Waals surface area contributed by atoms with Crippen LogP contribution >= 0.6 is 11.6 Å². The van der Waals surface area contributed by atoms with Gasteiger partial charge in [-0.1, -0.05) is 91.7 Å². The molecule has 1 unspecified atom stereocenters. The van der Waals surface area contributed by atoms with Crippen molar-refractivity contribution in [2.24, 2.45) is 0 Å². The number of nitrogens with zero attached hydrogens (tertiary/aromatic N) is 1. The molecule has 0 saturated carbocycles. The van der Waals surface area contributed by atoms with E-state index in [1.807, 2.05) is 67.6 Å². The lowest BCUT2D eigenvalue weighted by Crippen LogP contribution is -2.28. The summed E-state index contributed by atoms with van der Waals surface area (Å²) in [6.45, 7) is 11.7. The van der Waals surface area contributed by atoms with Gasteiger partial charge in [-0.15, -0.1) is 0 Å². The Hall–Kier alpha value is -3.32. The molecule has 0 fully saturated rings. The van der Waals surface area contributed by atoms with Gasteiger partial charge >= 0.3 is 0 Å². The summed E-state index contributed by atoms with van der Waals surface area (Å²) in [5.74, 6) is 4.66. The average Bonchev–Trinajstić information content (AvgIpc) is 3.00. The first kappa shape index (κ1) is 33.9. The molecule has 220 valence electrons. The molecule has 0 spiro atoms. The Bertz CT molecular complexity index is 1470. The quantitative estimate of drug-likeness (QED) is 0.0728. The minimum Gasteiger partial charge on any atom is -0.492 e. The fraction of sp³-hybridized carbons (Fsp3) is 0.294. The Morgan fingerprint density at radius 3 is 2.46 bits per heavy atom. The lowest BCUT2D eigenvalue weighted by molar-refractivity contribution is 0.223. The van der Waals surface area contributed by atoms with Gasteiger partial charge in [0.1, 0.15) is 17.4 Å². The van der Waals surface area contributed by atoms with Gasteiger partial charge in [0.25, 0.3) is 0 Å². The minimum atomic E-state index is -3.03. The van der Waals surface area contributed by atoms with Gasteiger partial charge in [0.2, 0.25) is 0 Å². The summed E-state index contributed by atoms with van der Waals surface area (Å²) >= 11 is 5.30. The first-order chi connectivity index (χ1) is 19.7. The van der Waals surface area contributed by atoms with E-state index in [2.05, 4.69) is 49.0 Å². The highest BCUT2D eigenvalue weighted by atomic mass is 35.5. The van der Waals surface area contributed by atoms with Crippen LogP contribution in [0.15, 0.2) is 101 Å². The third-order valence-corrected chi connectivity index (χ3v) is 8.85. The molecule has 0 bridgehead atoms. The Morgan fingerprint density at radius 1 is 1.10 bits per heavy atom. The molecule has 5 nitrogen and oxygen atoms in total. The lowest BCUT2D eigenvalue weighted by atomic mass is 10.1. The average molecular weight is 594 g/mol. The second-order valence-electron chi connectivity index (χ2n) is 9.40. The summed E-state index contributed by atoms with van der Waals surface area (Å²) < 4.78 is 19.8. The Morgan fingerprint density at radius 2 is 1.80 bits per heavy atom. The van der Waals surface area contributed by atoms with E-state index in [0.717, 1.165) is 42.5 Å². The van der Waals surface area contributed by atoms with Crippen LogP contribution in [0.5, 0.6) is 5.75 Å². The fourth-order valence-corrected chi connectivity index (χ4v) is 5.78. The van der Waals surface area contributed by atoms with E-state index in [9.17, 15) is 4.21 Å². The predicted molar refractivity (Wildman–Crippen MR) is 182 cm³/mol. The molecular weight excluding hydrogens is 550 g/mol. The van der Waals surface area contributed by atoms with Crippen molar-refractivity contribution in [3.8, 4) is 5.75 Å². The third-order valence-electron chi connectivity index (χ3n) is 6.76. The predicted octanol–water partition coefficient (Wildman–Crippen LogP) is 8.35. The van der Waals surface area contributed by atoms with Crippen molar-refractivity contribution in [2.45, 2.75) is 39.0 Å². The number of ether oxygens (including phenoxy) is 1. The number of halogens is 1. The number of benzene rings is 3. The summed E-state index contributed by atoms with van der Waals surface area (Å²) in [4.78, 5) is 2.86. The summed E-state index contributed by atoms with van der Waals surface area (Å²) in [7, 11) is -1.24.